The highest BCUT2D eigenvalue weighted by molar-refractivity contribution is 5.47. The maximum absolute atomic E-state index is 3.85. The Bertz CT molecular complexity index is 692. The zero-order valence-electron chi connectivity index (χ0n) is 15.7. The van der Waals surface area contributed by atoms with Crippen LogP contribution in [0.15, 0.2) is 61.7 Å². The number of hydrogen-bond acceptors (Lipinski definition) is 0. The molecule has 2 heteroatoms. The van der Waals surface area contributed by atoms with Crippen LogP contribution in [0.2, 0.25) is 0 Å². The van der Waals surface area contributed by atoms with Gasteiger partial charge in [0.1, 0.15) is 52.4 Å². The second-order valence-corrected chi connectivity index (χ2v) is 8.23. The molecule has 0 unspecified atom stereocenters. The second-order valence-electron chi connectivity index (χ2n) is 8.23. The van der Waals surface area contributed by atoms with Gasteiger partial charge in [-0.2, -0.15) is 0 Å². The summed E-state index contributed by atoms with van der Waals surface area (Å²) in [5.41, 5.74) is 5.36. The molecule has 134 valence electrons. The third kappa shape index (κ3) is 3.40. The van der Waals surface area contributed by atoms with E-state index in [1.165, 1.54) is 83.6 Å². The van der Waals surface area contributed by atoms with E-state index in [-0.39, 0.29) is 0 Å². The molecule has 2 aromatic rings. The molecule has 0 spiro atoms. The van der Waals surface area contributed by atoms with Crippen LogP contribution in [-0.2, 0) is 13.1 Å². The van der Waals surface area contributed by atoms with Gasteiger partial charge in [0.25, 0.3) is 0 Å². The van der Waals surface area contributed by atoms with Gasteiger partial charge in [-0.25, -0.2) is 0 Å². The summed E-state index contributed by atoms with van der Waals surface area (Å²) < 4.78 is 2.56. The topological polar surface area (TPSA) is 0 Å². The van der Waals surface area contributed by atoms with Crippen molar-refractivity contribution in [2.75, 3.05) is 39.3 Å². The maximum Gasteiger partial charge on any atom is 0.129 e. The first kappa shape index (κ1) is 17.3. The molecular formula is C24H30N2+2. The normalized spacial score (nSPS) is 27.2. The maximum atomic E-state index is 3.85. The minimum absolute atomic E-state index is 1.19. The van der Waals surface area contributed by atoms with Crippen LogP contribution in [0.3, 0.4) is 0 Å². The van der Waals surface area contributed by atoms with Crippen LogP contribution in [0.4, 0.5) is 0 Å². The highest BCUT2D eigenvalue weighted by atomic mass is 15.5. The van der Waals surface area contributed by atoms with E-state index >= 15 is 0 Å². The third-order valence-electron chi connectivity index (χ3n) is 6.61. The van der Waals surface area contributed by atoms with Crippen molar-refractivity contribution in [2.45, 2.75) is 13.1 Å². The van der Waals surface area contributed by atoms with Crippen molar-refractivity contribution >= 4 is 12.2 Å². The monoisotopic (exact) mass is 346 g/mol. The van der Waals surface area contributed by atoms with E-state index in [1.807, 2.05) is 12.2 Å². The van der Waals surface area contributed by atoms with E-state index < -0.39 is 0 Å². The van der Waals surface area contributed by atoms with Crippen molar-refractivity contribution in [3.63, 3.8) is 0 Å². The highest BCUT2D eigenvalue weighted by Gasteiger charge is 2.48. The van der Waals surface area contributed by atoms with Crippen LogP contribution in [0.25, 0.3) is 12.2 Å². The van der Waals surface area contributed by atoms with Gasteiger partial charge in [0.05, 0.1) is 0 Å². The second kappa shape index (κ2) is 6.86. The van der Waals surface area contributed by atoms with Crippen LogP contribution in [0, 0.1) is 0 Å². The van der Waals surface area contributed by atoms with Crippen LogP contribution in [0.5, 0.6) is 0 Å². The Morgan fingerprint density at radius 1 is 0.577 bits per heavy atom. The fraction of sp³-hybridized carbons (Fsp3) is 0.333. The number of quaternary nitrogens is 2. The molecule has 3 aliphatic rings. The Morgan fingerprint density at radius 3 is 1.15 bits per heavy atom. The Balaban J connectivity index is 1.41. The number of fused-ring (bicyclic) bond motifs is 3. The van der Waals surface area contributed by atoms with Gasteiger partial charge in [-0.3, -0.25) is 0 Å². The van der Waals surface area contributed by atoms with Gasteiger partial charge < -0.3 is 8.97 Å². The minimum Gasteiger partial charge on any atom is -0.306 e. The van der Waals surface area contributed by atoms with Crippen LogP contribution in [0.1, 0.15) is 22.3 Å². The van der Waals surface area contributed by atoms with Gasteiger partial charge in [-0.1, -0.05) is 73.8 Å². The predicted molar refractivity (Wildman–Crippen MR) is 110 cm³/mol. The number of benzene rings is 2. The molecule has 0 atom stereocenters. The first-order chi connectivity index (χ1) is 12.6. The van der Waals surface area contributed by atoms with Crippen molar-refractivity contribution in [3.05, 3.63) is 83.9 Å². The summed E-state index contributed by atoms with van der Waals surface area (Å²) in [6.45, 7) is 18.0. The van der Waals surface area contributed by atoms with Crippen LogP contribution < -0.4 is 0 Å². The first-order valence-electron chi connectivity index (χ1n) is 9.77. The number of rotatable bonds is 6. The largest absolute Gasteiger partial charge is 0.306 e. The molecule has 5 rings (SSSR count). The van der Waals surface area contributed by atoms with E-state index in [0.717, 1.165) is 0 Å². The van der Waals surface area contributed by atoms with Gasteiger partial charge in [0, 0.05) is 11.1 Å². The summed E-state index contributed by atoms with van der Waals surface area (Å²) in [5.74, 6) is 0. The number of nitrogens with zero attached hydrogens (tertiary/aromatic N) is 2. The molecule has 3 fully saturated rings. The molecule has 0 N–H and O–H groups in total. The molecule has 3 heterocycles. The van der Waals surface area contributed by atoms with E-state index in [1.54, 1.807) is 0 Å². The lowest BCUT2D eigenvalue weighted by Crippen LogP contribution is -2.74. The molecule has 3 aliphatic heterocycles. The minimum atomic E-state index is 1.19. The fourth-order valence-electron chi connectivity index (χ4n) is 4.71. The van der Waals surface area contributed by atoms with Crippen molar-refractivity contribution in [2.24, 2.45) is 0 Å². The van der Waals surface area contributed by atoms with Crippen LogP contribution >= 0.6 is 0 Å². The average Bonchev–Trinajstić information content (AvgIpc) is 2.70. The molecular weight excluding hydrogens is 316 g/mol. The van der Waals surface area contributed by atoms with Crippen molar-refractivity contribution in [1.29, 1.82) is 0 Å². The molecule has 0 aromatic heterocycles. The molecule has 3 saturated heterocycles. The highest BCUT2D eigenvalue weighted by Crippen LogP contribution is 2.31. The van der Waals surface area contributed by atoms with Crippen molar-refractivity contribution in [1.82, 2.24) is 0 Å². The standard InChI is InChI=1S/C24H30N2/c1-3-21-5-9-23(10-6-21)19-25-13-16-26(17-14-25,18-15-25)20-24-11-7-22(4-2)8-12-24/h3-12H,1-2,13-20H2/q+2. The summed E-state index contributed by atoms with van der Waals surface area (Å²) in [4.78, 5) is 0. The Morgan fingerprint density at radius 2 is 0.885 bits per heavy atom. The van der Waals surface area contributed by atoms with Gasteiger partial charge in [-0.05, 0) is 11.1 Å². The van der Waals surface area contributed by atoms with Gasteiger partial charge in [0.15, 0.2) is 0 Å². The van der Waals surface area contributed by atoms with Crippen LogP contribution in [-0.4, -0.2) is 48.2 Å². The van der Waals surface area contributed by atoms with E-state index in [9.17, 15) is 0 Å². The molecule has 0 saturated carbocycles. The average molecular weight is 347 g/mol. The Hall–Kier alpha value is -2.16. The molecule has 2 bridgehead atoms. The first-order valence-corrected chi connectivity index (χ1v) is 9.77. The van der Waals surface area contributed by atoms with Gasteiger partial charge in [0.2, 0.25) is 0 Å². The zero-order valence-corrected chi connectivity index (χ0v) is 15.7. The lowest BCUT2D eigenvalue weighted by Gasteiger charge is -2.55. The SMILES string of the molecule is C=Cc1ccc(C[N+]23CC[N+](Cc4ccc(C=C)cc4)(CC2)CC3)cc1. The molecule has 2 nitrogen and oxygen atoms in total. The van der Waals surface area contributed by atoms with Gasteiger partial charge >= 0.3 is 0 Å². The summed E-state index contributed by atoms with van der Waals surface area (Å²) in [5, 5.41) is 0. The summed E-state index contributed by atoms with van der Waals surface area (Å²) >= 11 is 0. The molecule has 0 amide bonds. The molecule has 0 aliphatic carbocycles. The zero-order chi connectivity index (χ0) is 18.0. The fourth-order valence-corrected chi connectivity index (χ4v) is 4.71. The van der Waals surface area contributed by atoms with E-state index in [0.29, 0.717) is 0 Å². The number of hydrogen-bond donors (Lipinski definition) is 0. The summed E-state index contributed by atoms with van der Waals surface area (Å²) in [6.07, 6.45) is 3.84. The Kier molecular flexibility index (Phi) is 4.56. The third-order valence-corrected chi connectivity index (χ3v) is 6.61. The van der Waals surface area contributed by atoms with E-state index in [2.05, 4.69) is 61.7 Å². The van der Waals surface area contributed by atoms with E-state index in [4.69, 9.17) is 0 Å². The van der Waals surface area contributed by atoms with Crippen molar-refractivity contribution < 1.29 is 8.97 Å². The van der Waals surface area contributed by atoms with Crippen molar-refractivity contribution in [3.8, 4) is 0 Å². The summed E-state index contributed by atoms with van der Waals surface area (Å²) in [7, 11) is 0. The summed E-state index contributed by atoms with van der Waals surface area (Å²) in [6, 6.07) is 17.9. The lowest BCUT2D eigenvalue weighted by molar-refractivity contribution is -1.09. The molecule has 2 aromatic carbocycles. The smallest absolute Gasteiger partial charge is 0.129 e. The lowest BCUT2D eigenvalue weighted by atomic mass is 10.0. The molecule has 0 radical (unpaired) electrons. The predicted octanol–water partition coefficient (Wildman–Crippen LogP) is 4.33. The Labute approximate surface area is 157 Å². The van der Waals surface area contributed by atoms with Gasteiger partial charge in [-0.15, -0.1) is 0 Å². The molecule has 26 heavy (non-hydrogen) atoms. The quantitative estimate of drug-likeness (QED) is 0.683. The number of piperazine rings is 3.